The van der Waals surface area contributed by atoms with E-state index in [1.807, 2.05) is 48.7 Å². The van der Waals surface area contributed by atoms with Gasteiger partial charge in [0.25, 0.3) is 5.91 Å². The Balaban J connectivity index is 1.20. The summed E-state index contributed by atoms with van der Waals surface area (Å²) in [4.78, 5) is 27.4. The molecule has 2 aliphatic rings. The molecule has 4 rings (SSSR count). The van der Waals surface area contributed by atoms with E-state index in [0.717, 1.165) is 62.3 Å². The molecule has 2 aromatic rings. The molecule has 0 bridgehead atoms. The van der Waals surface area contributed by atoms with Crippen LogP contribution < -0.4 is 10.1 Å². The Morgan fingerprint density at radius 2 is 1.77 bits per heavy atom. The summed E-state index contributed by atoms with van der Waals surface area (Å²) in [6, 6.07) is 13.1. The first-order chi connectivity index (χ1) is 19.5. The summed E-state index contributed by atoms with van der Waals surface area (Å²) in [6.45, 7) is 7.05. The smallest absolute Gasteiger partial charge is 0.306 e. The van der Waals surface area contributed by atoms with Gasteiger partial charge in [0.2, 0.25) is 0 Å². The van der Waals surface area contributed by atoms with Crippen LogP contribution >= 0.6 is 0 Å². The quantitative estimate of drug-likeness (QED) is 0.206. The molecular formula is C32H44N4O4. The molecule has 8 nitrogen and oxygen atoms in total. The highest BCUT2D eigenvalue weighted by Gasteiger charge is 2.23. The number of nitrogens with zero attached hydrogens (tertiary/aromatic N) is 3. The van der Waals surface area contributed by atoms with Crippen LogP contribution in [0.3, 0.4) is 0 Å². The van der Waals surface area contributed by atoms with Gasteiger partial charge < -0.3 is 19.7 Å². The molecule has 0 aliphatic carbocycles. The average molecular weight is 549 g/mol. The first kappa shape index (κ1) is 29.6. The summed E-state index contributed by atoms with van der Waals surface area (Å²) in [6.07, 6.45) is 9.99. The van der Waals surface area contributed by atoms with Gasteiger partial charge >= 0.3 is 5.97 Å². The number of carbonyl (C=O) groups is 2. The molecule has 40 heavy (non-hydrogen) atoms. The second kappa shape index (κ2) is 15.4. The van der Waals surface area contributed by atoms with Crippen LogP contribution in [0.5, 0.6) is 5.75 Å². The van der Waals surface area contributed by atoms with Gasteiger partial charge in [0.1, 0.15) is 5.75 Å². The predicted octanol–water partition coefficient (Wildman–Crippen LogP) is 5.37. The molecule has 2 heterocycles. The summed E-state index contributed by atoms with van der Waals surface area (Å²) in [7, 11) is 2.12. The van der Waals surface area contributed by atoms with Crippen LogP contribution in [0, 0.1) is 5.92 Å². The van der Waals surface area contributed by atoms with Crippen LogP contribution in [0.2, 0.25) is 0 Å². The third-order valence-corrected chi connectivity index (χ3v) is 7.55. The Morgan fingerprint density at radius 3 is 2.55 bits per heavy atom. The Kier molecular flexibility index (Phi) is 11.4. The largest absolute Gasteiger partial charge is 0.493 e. The minimum atomic E-state index is -0.177. The lowest BCUT2D eigenvalue weighted by atomic mass is 9.94. The summed E-state index contributed by atoms with van der Waals surface area (Å²) in [5, 5.41) is 9.60. The minimum absolute atomic E-state index is 0.100. The number of esters is 1. The van der Waals surface area contributed by atoms with Gasteiger partial charge in [-0.1, -0.05) is 57.2 Å². The number of rotatable bonds is 13. The van der Waals surface area contributed by atoms with E-state index < -0.39 is 0 Å². The molecule has 0 radical (unpaired) electrons. The Morgan fingerprint density at radius 1 is 1.02 bits per heavy atom. The average Bonchev–Trinajstić information content (AvgIpc) is 2.96. The third kappa shape index (κ3) is 9.37. The van der Waals surface area contributed by atoms with Gasteiger partial charge in [-0.2, -0.15) is 5.10 Å². The molecule has 1 amide bonds. The lowest BCUT2D eigenvalue weighted by Gasteiger charge is -2.30. The molecule has 1 saturated heterocycles. The number of ether oxygens (including phenoxy) is 2. The van der Waals surface area contributed by atoms with Gasteiger partial charge in [-0.25, -0.2) is 0 Å². The lowest BCUT2D eigenvalue weighted by Crippen LogP contribution is -2.41. The van der Waals surface area contributed by atoms with E-state index in [-0.39, 0.29) is 17.8 Å². The fraction of sp³-hybridized carbons (Fsp3) is 0.531. The maximum atomic E-state index is 12.8. The van der Waals surface area contributed by atoms with Crippen molar-refractivity contribution in [2.75, 3.05) is 51.8 Å². The highest BCUT2D eigenvalue weighted by Crippen LogP contribution is 2.31. The van der Waals surface area contributed by atoms with E-state index in [1.54, 1.807) is 0 Å². The number of amides is 1. The second-order valence-corrected chi connectivity index (χ2v) is 11.0. The van der Waals surface area contributed by atoms with Crippen molar-refractivity contribution in [2.45, 2.75) is 58.3 Å². The normalized spacial score (nSPS) is 17.4. The zero-order valence-corrected chi connectivity index (χ0v) is 24.1. The van der Waals surface area contributed by atoms with Crippen molar-refractivity contribution in [3.63, 3.8) is 0 Å². The van der Waals surface area contributed by atoms with Crippen LogP contribution in [0.1, 0.15) is 73.4 Å². The number of hydrazone groups is 1. The number of hydrogen-bond acceptors (Lipinski definition) is 7. The van der Waals surface area contributed by atoms with Crippen molar-refractivity contribution in [3.05, 3.63) is 59.2 Å². The topological polar surface area (TPSA) is 83.5 Å². The maximum Gasteiger partial charge on any atom is 0.306 e. The number of hydrogen-bond donors (Lipinski definition) is 1. The molecule has 0 saturated carbocycles. The van der Waals surface area contributed by atoms with Gasteiger partial charge in [-0.15, -0.1) is 0 Å². The summed E-state index contributed by atoms with van der Waals surface area (Å²) in [5.41, 5.74) is 3.26. The van der Waals surface area contributed by atoms with E-state index in [9.17, 15) is 9.59 Å². The molecule has 2 aliphatic heterocycles. The zero-order valence-electron chi connectivity index (χ0n) is 24.1. The fourth-order valence-corrected chi connectivity index (χ4v) is 4.99. The highest BCUT2D eigenvalue weighted by atomic mass is 16.5. The molecule has 1 unspecified atom stereocenters. The molecule has 1 fully saturated rings. The van der Waals surface area contributed by atoms with Crippen LogP contribution in [0.25, 0.3) is 0 Å². The van der Waals surface area contributed by atoms with Gasteiger partial charge in [-0.3, -0.25) is 14.6 Å². The van der Waals surface area contributed by atoms with Gasteiger partial charge in [0, 0.05) is 49.4 Å². The minimum Gasteiger partial charge on any atom is -0.493 e. The molecular weight excluding hydrogens is 504 g/mol. The number of fused-ring (bicyclic) bond motifs is 1. The molecule has 216 valence electrons. The predicted molar refractivity (Wildman–Crippen MR) is 159 cm³/mol. The number of nitrogens with one attached hydrogen (secondary N) is 1. The molecule has 1 atom stereocenters. The summed E-state index contributed by atoms with van der Waals surface area (Å²) >= 11 is 0. The SMILES string of the molecule is CCCCCCCCOC(=O)CC1COc2cc(NC(=O)c3ccc(/C=N/N4CCN(C)CC4)cc3)ccc2C1. The summed E-state index contributed by atoms with van der Waals surface area (Å²) < 4.78 is 11.4. The number of carbonyl (C=O) groups excluding carboxylic acids is 2. The van der Waals surface area contributed by atoms with Crippen molar-refractivity contribution < 1.29 is 19.1 Å². The molecule has 2 aromatic carbocycles. The lowest BCUT2D eigenvalue weighted by molar-refractivity contribution is -0.145. The third-order valence-electron chi connectivity index (χ3n) is 7.55. The number of unbranched alkanes of at least 4 members (excludes halogenated alkanes) is 5. The number of anilines is 1. The monoisotopic (exact) mass is 548 g/mol. The molecule has 0 spiro atoms. The summed E-state index contributed by atoms with van der Waals surface area (Å²) in [5.74, 6) is 0.531. The zero-order chi connectivity index (χ0) is 28.2. The van der Waals surface area contributed by atoms with Crippen molar-refractivity contribution in [3.8, 4) is 5.75 Å². The first-order valence-corrected chi connectivity index (χ1v) is 14.8. The second-order valence-electron chi connectivity index (χ2n) is 11.0. The fourth-order valence-electron chi connectivity index (χ4n) is 4.99. The van der Waals surface area contributed by atoms with Gasteiger partial charge in [-0.05, 0) is 49.2 Å². The van der Waals surface area contributed by atoms with Crippen LogP contribution in [0.15, 0.2) is 47.6 Å². The van der Waals surface area contributed by atoms with Crippen molar-refractivity contribution in [1.29, 1.82) is 0 Å². The molecule has 0 aromatic heterocycles. The van der Waals surface area contributed by atoms with E-state index in [1.165, 1.54) is 25.7 Å². The molecule has 1 N–H and O–H groups in total. The Hall–Kier alpha value is -3.39. The van der Waals surface area contributed by atoms with Crippen molar-refractivity contribution in [1.82, 2.24) is 9.91 Å². The van der Waals surface area contributed by atoms with Crippen molar-refractivity contribution >= 4 is 23.8 Å². The van der Waals surface area contributed by atoms with E-state index in [4.69, 9.17) is 9.47 Å². The highest BCUT2D eigenvalue weighted by molar-refractivity contribution is 6.04. The van der Waals surface area contributed by atoms with E-state index in [0.29, 0.717) is 30.9 Å². The Labute approximate surface area is 238 Å². The molecule has 8 heteroatoms. The van der Waals surface area contributed by atoms with Gasteiger partial charge in [0.15, 0.2) is 0 Å². The Bertz CT molecular complexity index is 1130. The van der Waals surface area contributed by atoms with Crippen LogP contribution in [0.4, 0.5) is 5.69 Å². The number of likely N-dealkylation sites (N-methyl/N-ethyl adjacent to an activating group) is 1. The van der Waals surface area contributed by atoms with Crippen molar-refractivity contribution in [2.24, 2.45) is 11.0 Å². The maximum absolute atomic E-state index is 12.8. The first-order valence-electron chi connectivity index (χ1n) is 14.8. The van der Waals surface area contributed by atoms with E-state index in [2.05, 4.69) is 34.3 Å². The van der Waals surface area contributed by atoms with Crippen LogP contribution in [-0.2, 0) is 16.0 Å². The van der Waals surface area contributed by atoms with E-state index >= 15 is 0 Å². The number of piperazine rings is 1. The van der Waals surface area contributed by atoms with Crippen LogP contribution in [-0.4, -0.2) is 74.4 Å². The van der Waals surface area contributed by atoms with Gasteiger partial charge in [0.05, 0.1) is 25.8 Å². The number of benzene rings is 2. The standard InChI is InChI=1S/C32H44N4O4/c1-3-4-5-6-7-8-19-39-31(37)21-26-20-28-13-14-29(22-30(28)40-24-26)34-32(38)27-11-9-25(10-12-27)23-33-36-17-15-35(2)16-18-36/h9-14,22-23,26H,3-8,15-21,24H2,1-2H3,(H,34,38)/b33-23+.